The summed E-state index contributed by atoms with van der Waals surface area (Å²) >= 11 is 0. The third kappa shape index (κ3) is 5.66. The van der Waals surface area contributed by atoms with Crippen molar-refractivity contribution in [2.24, 2.45) is 11.3 Å². The summed E-state index contributed by atoms with van der Waals surface area (Å²) in [5.41, 5.74) is 2.46. The molecule has 234 valence electrons. The predicted octanol–water partition coefficient (Wildman–Crippen LogP) is 5.06. The van der Waals surface area contributed by atoms with Gasteiger partial charge in [-0.2, -0.15) is 0 Å². The highest BCUT2D eigenvalue weighted by Crippen LogP contribution is 2.48. The summed E-state index contributed by atoms with van der Waals surface area (Å²) in [7, 11) is 0. The van der Waals surface area contributed by atoms with Crippen molar-refractivity contribution in [3.8, 4) is 0 Å². The first kappa shape index (κ1) is 30.1. The molecule has 6 rings (SSSR count). The zero-order valence-corrected chi connectivity index (χ0v) is 26.5. The number of carbonyl (C=O) groups is 4. The third-order valence-corrected chi connectivity index (χ3v) is 9.35. The summed E-state index contributed by atoms with van der Waals surface area (Å²) in [5.74, 6) is 0.0801. The molecule has 4 aliphatic rings. The Kier molecular flexibility index (Phi) is 7.45. The van der Waals surface area contributed by atoms with Crippen LogP contribution in [-0.4, -0.2) is 69.4 Å². The van der Waals surface area contributed by atoms with Crippen molar-refractivity contribution in [3.05, 3.63) is 53.2 Å². The van der Waals surface area contributed by atoms with Gasteiger partial charge in [-0.25, -0.2) is 9.78 Å². The maximum absolute atomic E-state index is 13.8. The molecule has 0 radical (unpaired) electrons. The summed E-state index contributed by atoms with van der Waals surface area (Å²) in [6, 6.07) is 9.24. The van der Waals surface area contributed by atoms with Crippen LogP contribution in [0.1, 0.15) is 89.3 Å². The Bertz CT molecular complexity index is 1510. The van der Waals surface area contributed by atoms with Crippen LogP contribution < -0.4 is 10.6 Å². The van der Waals surface area contributed by atoms with E-state index in [2.05, 4.69) is 15.6 Å². The molecule has 4 amide bonds. The van der Waals surface area contributed by atoms with Crippen molar-refractivity contribution in [2.45, 2.75) is 96.7 Å². The second-order valence-electron chi connectivity index (χ2n) is 14.8. The number of hydrogen-bond donors (Lipinski definition) is 2. The number of aryl methyl sites for hydroxylation is 1. The quantitative estimate of drug-likeness (QED) is 0.494. The molecule has 0 spiro atoms. The van der Waals surface area contributed by atoms with E-state index in [0.29, 0.717) is 18.1 Å². The highest BCUT2D eigenvalue weighted by Gasteiger charge is 2.52. The van der Waals surface area contributed by atoms with Gasteiger partial charge in [0.1, 0.15) is 18.0 Å². The second-order valence-corrected chi connectivity index (χ2v) is 14.8. The minimum atomic E-state index is -0.702. The molecule has 2 N–H and O–H groups in total. The first-order valence-electron chi connectivity index (χ1n) is 15.7. The van der Waals surface area contributed by atoms with Gasteiger partial charge in [0, 0.05) is 35.3 Å². The lowest BCUT2D eigenvalue weighted by molar-refractivity contribution is -0.146. The predicted molar refractivity (Wildman–Crippen MR) is 166 cm³/mol. The number of anilines is 2. The fourth-order valence-corrected chi connectivity index (χ4v) is 7.55. The summed E-state index contributed by atoms with van der Waals surface area (Å²) in [6.45, 7) is 11.6. The number of amides is 4. The number of ether oxygens (including phenoxy) is 1. The van der Waals surface area contributed by atoms with Crippen LogP contribution >= 0.6 is 0 Å². The van der Waals surface area contributed by atoms with Gasteiger partial charge in [0.15, 0.2) is 0 Å². The number of fused-ring (bicyclic) bond motifs is 4. The van der Waals surface area contributed by atoms with E-state index in [-0.39, 0.29) is 60.2 Å². The number of hydrogen-bond acceptors (Lipinski definition) is 6. The van der Waals surface area contributed by atoms with Crippen LogP contribution in [0.5, 0.6) is 0 Å². The fraction of sp³-hybridized carbons (Fsp3) is 0.559. The van der Waals surface area contributed by atoms with Crippen molar-refractivity contribution in [1.29, 1.82) is 0 Å². The van der Waals surface area contributed by atoms with Gasteiger partial charge in [-0.05, 0) is 81.7 Å². The lowest BCUT2D eigenvalue weighted by Gasteiger charge is -2.42. The smallest absolute Gasteiger partial charge is 0.410 e. The Morgan fingerprint density at radius 2 is 1.86 bits per heavy atom. The molecule has 10 heteroatoms. The fourth-order valence-electron chi connectivity index (χ4n) is 7.55. The van der Waals surface area contributed by atoms with Crippen molar-refractivity contribution in [1.82, 2.24) is 14.8 Å². The maximum Gasteiger partial charge on any atom is 0.410 e. The van der Waals surface area contributed by atoms with E-state index >= 15 is 0 Å². The van der Waals surface area contributed by atoms with Gasteiger partial charge in [0.05, 0.1) is 18.0 Å². The van der Waals surface area contributed by atoms with Crippen LogP contribution in [0.4, 0.5) is 16.3 Å². The first-order chi connectivity index (χ1) is 20.7. The van der Waals surface area contributed by atoms with Crippen molar-refractivity contribution in [3.63, 3.8) is 0 Å². The van der Waals surface area contributed by atoms with E-state index in [9.17, 15) is 19.2 Å². The number of likely N-dealkylation sites (tertiary alicyclic amines) is 1. The van der Waals surface area contributed by atoms with Crippen LogP contribution in [0, 0.1) is 11.3 Å². The number of carbonyl (C=O) groups excluding carboxylic acids is 4. The number of piperidine rings is 1. The van der Waals surface area contributed by atoms with E-state index in [1.807, 2.05) is 71.9 Å². The molecule has 1 saturated heterocycles. The average molecular weight is 602 g/mol. The first-order valence-corrected chi connectivity index (χ1v) is 15.7. The molecule has 2 aliphatic carbocycles. The zero-order valence-electron chi connectivity index (χ0n) is 26.5. The van der Waals surface area contributed by atoms with E-state index in [4.69, 9.17) is 4.74 Å². The normalized spacial score (nSPS) is 25.4. The SMILES string of the molecule is CC(C)(C)OC(=O)N1CC2CC1C(N(CC(=O)Nc1ccc3c(c1)C(C1C(=O)Nc4ncccc41)CC3)C(=O)C(C)(C)C)C2. The molecule has 5 atom stereocenters. The van der Waals surface area contributed by atoms with Crippen LogP contribution in [0.25, 0.3) is 0 Å². The number of benzene rings is 1. The van der Waals surface area contributed by atoms with Gasteiger partial charge >= 0.3 is 6.09 Å². The maximum atomic E-state index is 13.8. The lowest BCUT2D eigenvalue weighted by Crippen LogP contribution is -2.57. The van der Waals surface area contributed by atoms with Crippen LogP contribution in [-0.2, 0) is 25.5 Å². The van der Waals surface area contributed by atoms with Gasteiger partial charge < -0.3 is 25.2 Å². The van der Waals surface area contributed by atoms with Gasteiger partial charge in [-0.1, -0.05) is 32.9 Å². The summed E-state index contributed by atoms with van der Waals surface area (Å²) in [6.07, 6.45) is 4.55. The Labute approximate surface area is 258 Å². The summed E-state index contributed by atoms with van der Waals surface area (Å²) < 4.78 is 5.67. The molecular weight excluding hydrogens is 558 g/mol. The molecule has 10 nitrogen and oxygen atoms in total. The molecule has 5 unspecified atom stereocenters. The minimum Gasteiger partial charge on any atom is -0.444 e. The molecule has 2 aromatic rings. The molecule has 1 saturated carbocycles. The number of pyridine rings is 1. The van der Waals surface area contributed by atoms with Crippen LogP contribution in [0.3, 0.4) is 0 Å². The number of aromatic nitrogens is 1. The van der Waals surface area contributed by atoms with E-state index in [1.54, 1.807) is 16.0 Å². The summed E-state index contributed by atoms with van der Waals surface area (Å²) in [4.78, 5) is 61.1. The average Bonchev–Trinajstić information content (AvgIpc) is 3.71. The van der Waals surface area contributed by atoms with E-state index in [0.717, 1.165) is 36.8 Å². The zero-order chi connectivity index (χ0) is 31.6. The Hall–Kier alpha value is -3.95. The van der Waals surface area contributed by atoms with E-state index in [1.165, 1.54) is 5.56 Å². The second kappa shape index (κ2) is 10.9. The highest BCUT2D eigenvalue weighted by atomic mass is 16.6. The molecule has 2 bridgehead atoms. The standard InChI is InChI=1S/C34H43N5O5/c1-33(2,3)31(42)38(25-14-19-15-26(25)39(17-19)32(43)44-34(4,5)6)18-27(40)36-21-11-9-20-10-12-22(24(20)16-21)28-23-8-7-13-35-29(23)37-30(28)41/h7-9,11,13,16,19,22,25-26,28H,10,12,14-15,17-18H2,1-6H3,(H,36,40)(H,35,37,41). The number of nitrogens with zero attached hydrogens (tertiary/aromatic N) is 3. The van der Waals surface area contributed by atoms with E-state index < -0.39 is 11.0 Å². The van der Waals surface area contributed by atoms with Crippen LogP contribution in [0.15, 0.2) is 36.5 Å². The minimum absolute atomic E-state index is 0.0147. The Morgan fingerprint density at radius 1 is 1.09 bits per heavy atom. The molecule has 2 fully saturated rings. The molecule has 1 aromatic carbocycles. The summed E-state index contributed by atoms with van der Waals surface area (Å²) in [5, 5.41) is 5.95. The molecule has 3 heterocycles. The molecule has 44 heavy (non-hydrogen) atoms. The Balaban J connectivity index is 1.20. The molecule has 2 aliphatic heterocycles. The molecule has 1 aromatic heterocycles. The van der Waals surface area contributed by atoms with Crippen LogP contribution in [0.2, 0.25) is 0 Å². The lowest BCUT2D eigenvalue weighted by atomic mass is 9.83. The number of rotatable bonds is 5. The van der Waals surface area contributed by atoms with Crippen molar-refractivity contribution < 1.29 is 23.9 Å². The van der Waals surface area contributed by atoms with Crippen molar-refractivity contribution in [2.75, 3.05) is 23.7 Å². The Morgan fingerprint density at radius 3 is 2.57 bits per heavy atom. The van der Waals surface area contributed by atoms with Crippen molar-refractivity contribution >= 4 is 35.3 Å². The molecular formula is C34H43N5O5. The van der Waals surface area contributed by atoms with Gasteiger partial charge in [-0.15, -0.1) is 0 Å². The number of nitrogens with one attached hydrogen (secondary N) is 2. The van der Waals surface area contributed by atoms with Gasteiger partial charge in [0.2, 0.25) is 17.7 Å². The topological polar surface area (TPSA) is 121 Å². The van der Waals surface area contributed by atoms with Gasteiger partial charge in [-0.3, -0.25) is 14.4 Å². The third-order valence-electron chi connectivity index (χ3n) is 9.35. The van der Waals surface area contributed by atoms with Gasteiger partial charge in [0.25, 0.3) is 0 Å². The monoisotopic (exact) mass is 601 g/mol. The largest absolute Gasteiger partial charge is 0.444 e. The highest BCUT2D eigenvalue weighted by molar-refractivity contribution is 6.02.